The van der Waals surface area contributed by atoms with Gasteiger partial charge in [0.15, 0.2) is 0 Å². The van der Waals surface area contributed by atoms with Crippen molar-refractivity contribution in [3.63, 3.8) is 0 Å². The van der Waals surface area contributed by atoms with Gasteiger partial charge in [0.1, 0.15) is 6.34 Å². The Bertz CT molecular complexity index is 996. The summed E-state index contributed by atoms with van der Waals surface area (Å²) in [5.74, 6) is -0.890. The molecule has 7 nitrogen and oxygen atoms in total. The molecule has 1 amide bonds. The van der Waals surface area contributed by atoms with Crippen LogP contribution in [0.25, 0.3) is 0 Å². The Balaban J connectivity index is 3.12. The van der Waals surface area contributed by atoms with E-state index in [0.29, 0.717) is 18.5 Å². The molecule has 198 valence electrons. The van der Waals surface area contributed by atoms with Crippen molar-refractivity contribution in [2.45, 2.75) is 51.6 Å². The standard InChI is InChI=1S/C23H27ClF5N5O2/c1-15(32-8-4-7-30)5-3-6-20(33-14-31)16(2)34(12-21(25)26)22(35)18-9-17(10-19(24)11-18)13-36-23(27,28)29/h4,7-11,14,16,21,31H,1,3,5-6,12-13,30H2,2H3/b7-4-,31-14?,32-8-,33-20+. The number of hydrogen-bond donors (Lipinski definition) is 2. The lowest BCUT2D eigenvalue weighted by Gasteiger charge is -2.30. The van der Waals surface area contributed by atoms with Crippen LogP contribution in [0.15, 0.2) is 52.7 Å². The first-order valence-electron chi connectivity index (χ1n) is 10.6. The Kier molecular flexibility index (Phi) is 13.0. The zero-order chi connectivity index (χ0) is 27.3. The van der Waals surface area contributed by atoms with Crippen LogP contribution >= 0.6 is 11.6 Å². The van der Waals surface area contributed by atoms with Gasteiger partial charge in [0.2, 0.25) is 0 Å². The zero-order valence-corrected chi connectivity index (χ0v) is 20.2. The number of hydrogen-bond acceptors (Lipinski definition) is 5. The van der Waals surface area contributed by atoms with Crippen molar-refractivity contribution in [1.29, 1.82) is 5.41 Å². The topological polar surface area (TPSA) is 104 Å². The average molecular weight is 536 g/mol. The molecule has 0 aliphatic rings. The molecular formula is C23H27ClF5N5O2. The summed E-state index contributed by atoms with van der Waals surface area (Å²) in [5.41, 5.74) is 5.77. The minimum atomic E-state index is -4.90. The van der Waals surface area contributed by atoms with E-state index in [1.54, 1.807) is 0 Å². The lowest BCUT2D eigenvalue weighted by atomic mass is 10.0. The highest BCUT2D eigenvalue weighted by Crippen LogP contribution is 2.23. The number of alkyl halides is 5. The van der Waals surface area contributed by atoms with Gasteiger partial charge in [-0.05, 0) is 62.2 Å². The molecule has 0 aromatic heterocycles. The van der Waals surface area contributed by atoms with Crippen molar-refractivity contribution in [2.75, 3.05) is 6.54 Å². The number of nitrogens with two attached hydrogens (primary N) is 1. The van der Waals surface area contributed by atoms with Crippen molar-refractivity contribution in [3.8, 4) is 0 Å². The van der Waals surface area contributed by atoms with Crippen LogP contribution in [-0.4, -0.2) is 54.4 Å². The van der Waals surface area contributed by atoms with Crippen LogP contribution in [0.5, 0.6) is 0 Å². The second-order valence-corrected chi connectivity index (χ2v) is 7.88. The van der Waals surface area contributed by atoms with E-state index < -0.39 is 37.9 Å². The van der Waals surface area contributed by atoms with Gasteiger partial charge in [-0.2, -0.15) is 0 Å². The number of benzene rings is 1. The predicted octanol–water partition coefficient (Wildman–Crippen LogP) is 5.75. The van der Waals surface area contributed by atoms with E-state index in [1.165, 1.54) is 31.5 Å². The van der Waals surface area contributed by atoms with E-state index in [2.05, 4.69) is 21.3 Å². The van der Waals surface area contributed by atoms with Crippen LogP contribution in [0.4, 0.5) is 22.0 Å². The molecule has 1 unspecified atom stereocenters. The van der Waals surface area contributed by atoms with E-state index in [9.17, 15) is 26.7 Å². The van der Waals surface area contributed by atoms with Crippen LogP contribution in [0, 0.1) is 5.41 Å². The van der Waals surface area contributed by atoms with Crippen molar-refractivity contribution in [3.05, 3.63) is 58.9 Å². The first-order chi connectivity index (χ1) is 16.9. The Labute approximate surface area is 210 Å². The normalized spacial score (nSPS) is 13.5. The molecule has 1 aromatic rings. The second kappa shape index (κ2) is 15.1. The minimum Gasteiger partial charge on any atom is -0.405 e. The van der Waals surface area contributed by atoms with Gasteiger partial charge in [-0.15, -0.1) is 13.2 Å². The minimum absolute atomic E-state index is 0.0650. The third kappa shape index (κ3) is 11.5. The highest BCUT2D eigenvalue weighted by molar-refractivity contribution is 6.31. The van der Waals surface area contributed by atoms with E-state index in [-0.39, 0.29) is 28.3 Å². The molecule has 0 fully saturated rings. The van der Waals surface area contributed by atoms with Gasteiger partial charge in [-0.1, -0.05) is 18.2 Å². The third-order valence-electron chi connectivity index (χ3n) is 4.74. The smallest absolute Gasteiger partial charge is 0.405 e. The molecular weight excluding hydrogens is 509 g/mol. The van der Waals surface area contributed by atoms with Crippen LogP contribution in [0.3, 0.4) is 0 Å². The first kappa shape index (κ1) is 30.9. The number of ether oxygens (including phenoxy) is 1. The quantitative estimate of drug-likeness (QED) is 0.180. The predicted molar refractivity (Wildman–Crippen MR) is 130 cm³/mol. The Hall–Kier alpha value is -3.12. The summed E-state index contributed by atoms with van der Waals surface area (Å²) in [7, 11) is 0. The monoisotopic (exact) mass is 535 g/mol. The van der Waals surface area contributed by atoms with Gasteiger partial charge in [0.05, 0.1) is 19.2 Å². The lowest BCUT2D eigenvalue weighted by molar-refractivity contribution is -0.330. The highest BCUT2D eigenvalue weighted by atomic mass is 35.5. The summed E-state index contributed by atoms with van der Waals surface area (Å²) in [5, 5.41) is 7.25. The molecule has 36 heavy (non-hydrogen) atoms. The van der Waals surface area contributed by atoms with Crippen LogP contribution in [-0.2, 0) is 11.3 Å². The number of nitrogens with one attached hydrogen (secondary N) is 1. The maximum absolute atomic E-state index is 13.4. The molecule has 0 aliphatic carbocycles. The summed E-state index contributed by atoms with van der Waals surface area (Å²) in [6.07, 6.45) is -1.68. The summed E-state index contributed by atoms with van der Waals surface area (Å²) < 4.78 is 67.8. The SMILES string of the molecule is C=C(CCC/C(=N\C=N)C(C)N(CC(F)F)C(=O)c1cc(Cl)cc(COC(F)(F)F)c1)/N=C\C=C/N. The lowest BCUT2D eigenvalue weighted by Crippen LogP contribution is -2.46. The number of halogens is 6. The molecule has 0 spiro atoms. The molecule has 0 heterocycles. The Morgan fingerprint density at radius 2 is 2.00 bits per heavy atom. The van der Waals surface area contributed by atoms with E-state index in [4.69, 9.17) is 22.7 Å². The van der Waals surface area contributed by atoms with E-state index >= 15 is 0 Å². The van der Waals surface area contributed by atoms with Gasteiger partial charge >= 0.3 is 6.36 Å². The van der Waals surface area contributed by atoms with Crippen molar-refractivity contribution in [2.24, 2.45) is 15.7 Å². The van der Waals surface area contributed by atoms with Crippen molar-refractivity contribution < 1.29 is 31.5 Å². The molecule has 3 N–H and O–H groups in total. The fourth-order valence-corrected chi connectivity index (χ4v) is 3.39. The van der Waals surface area contributed by atoms with Crippen LogP contribution in [0.2, 0.25) is 5.02 Å². The number of rotatable bonds is 14. The highest BCUT2D eigenvalue weighted by Gasteiger charge is 2.30. The molecule has 0 saturated heterocycles. The second-order valence-electron chi connectivity index (χ2n) is 7.44. The molecule has 0 bridgehead atoms. The van der Waals surface area contributed by atoms with Gasteiger partial charge in [-0.3, -0.25) is 19.9 Å². The van der Waals surface area contributed by atoms with Gasteiger partial charge in [0, 0.05) is 28.2 Å². The maximum Gasteiger partial charge on any atom is 0.522 e. The Morgan fingerprint density at radius 3 is 2.58 bits per heavy atom. The maximum atomic E-state index is 13.4. The summed E-state index contributed by atoms with van der Waals surface area (Å²) in [6.45, 7) is 3.38. The first-order valence-corrected chi connectivity index (χ1v) is 11.0. The van der Waals surface area contributed by atoms with Crippen LogP contribution < -0.4 is 5.73 Å². The summed E-state index contributed by atoms with van der Waals surface area (Å²) in [4.78, 5) is 22.0. The molecule has 1 aromatic carbocycles. The van der Waals surface area contributed by atoms with Crippen LogP contribution in [0.1, 0.15) is 42.1 Å². The summed E-state index contributed by atoms with van der Waals surface area (Å²) >= 11 is 5.95. The largest absolute Gasteiger partial charge is 0.522 e. The third-order valence-corrected chi connectivity index (χ3v) is 4.95. The van der Waals surface area contributed by atoms with Gasteiger partial charge < -0.3 is 10.6 Å². The summed E-state index contributed by atoms with van der Waals surface area (Å²) in [6, 6.07) is 2.47. The number of aliphatic imine (C=N–C) groups is 2. The molecule has 1 atom stereocenters. The molecule has 0 radical (unpaired) electrons. The molecule has 0 aliphatic heterocycles. The van der Waals surface area contributed by atoms with E-state index in [1.807, 2.05) is 0 Å². The van der Waals surface area contributed by atoms with Gasteiger partial charge in [0.25, 0.3) is 12.3 Å². The molecule has 1 rings (SSSR count). The Morgan fingerprint density at radius 1 is 1.31 bits per heavy atom. The fourth-order valence-electron chi connectivity index (χ4n) is 3.13. The number of carbonyl (C=O) groups is 1. The number of nitrogens with zero attached hydrogens (tertiary/aromatic N) is 3. The number of amides is 1. The zero-order valence-electron chi connectivity index (χ0n) is 19.4. The van der Waals surface area contributed by atoms with Gasteiger partial charge in [-0.25, -0.2) is 13.8 Å². The average Bonchev–Trinajstić information content (AvgIpc) is 2.79. The number of allylic oxidation sites excluding steroid dienone is 2. The van der Waals surface area contributed by atoms with Crippen molar-refractivity contribution in [1.82, 2.24) is 4.90 Å². The molecule has 13 heteroatoms. The number of carbonyl (C=O) groups excluding carboxylic acids is 1. The van der Waals surface area contributed by atoms with Crippen molar-refractivity contribution >= 4 is 35.8 Å². The molecule has 0 saturated carbocycles. The fraction of sp³-hybridized carbons (Fsp3) is 0.391. The van der Waals surface area contributed by atoms with E-state index in [0.717, 1.165) is 23.4 Å².